The number of fused-ring (bicyclic) bond motifs is 5. The lowest BCUT2D eigenvalue weighted by Crippen LogP contribution is -2.53. The molecule has 4 aliphatic carbocycles. The van der Waals surface area contributed by atoms with E-state index < -0.39 is 11.9 Å². The van der Waals surface area contributed by atoms with Gasteiger partial charge in [0, 0.05) is 0 Å². The molecule has 0 aromatic heterocycles. The minimum Gasteiger partial charge on any atom is -0.481 e. The molecule has 0 bridgehead atoms. The van der Waals surface area contributed by atoms with E-state index in [9.17, 15) is 24.9 Å². The molecule has 0 amide bonds. The highest BCUT2D eigenvalue weighted by Gasteiger charge is 2.64. The van der Waals surface area contributed by atoms with Crippen LogP contribution in [0.15, 0.2) is 11.6 Å². The van der Waals surface area contributed by atoms with Gasteiger partial charge in [0.05, 0.1) is 21.7 Å². The second-order valence-electron chi connectivity index (χ2n) is 10.3. The number of aliphatic carboxylic acids is 2. The maximum Gasteiger partial charge on any atom is 0.313 e. The molecule has 0 spiro atoms. The molecule has 4 rings (SSSR count). The molecule has 7 heteroatoms. The predicted octanol–water partition coefficient (Wildman–Crippen LogP) is 4.64. The first kappa shape index (κ1) is 22.5. The monoisotopic (exact) mass is 454 g/mol. The number of carboxylic acid groups (broad SMARTS) is 2. The van der Waals surface area contributed by atoms with Gasteiger partial charge in [-0.3, -0.25) is 9.59 Å². The first-order chi connectivity index (χ1) is 14.1. The van der Waals surface area contributed by atoms with Crippen LogP contribution >= 0.6 is 23.5 Å². The van der Waals surface area contributed by atoms with Crippen molar-refractivity contribution < 1.29 is 24.9 Å². The van der Waals surface area contributed by atoms with E-state index in [2.05, 4.69) is 19.9 Å². The summed E-state index contributed by atoms with van der Waals surface area (Å²) in [5, 5.41) is 28.9. The third kappa shape index (κ3) is 3.53. The summed E-state index contributed by atoms with van der Waals surface area (Å²) < 4.78 is -0.340. The minimum atomic E-state index is -0.824. The van der Waals surface area contributed by atoms with Crippen molar-refractivity contribution >= 4 is 35.5 Å². The average molecular weight is 455 g/mol. The maximum atomic E-state index is 11.4. The van der Waals surface area contributed by atoms with E-state index in [0.717, 1.165) is 51.4 Å². The molecule has 0 unspecified atom stereocenters. The van der Waals surface area contributed by atoms with Crippen molar-refractivity contribution in [2.45, 2.75) is 75.4 Å². The number of aliphatic hydroxyl groups excluding tert-OH is 1. The number of hydrogen-bond acceptors (Lipinski definition) is 5. The van der Waals surface area contributed by atoms with Gasteiger partial charge in [-0.15, -0.1) is 23.5 Å². The van der Waals surface area contributed by atoms with Crippen LogP contribution in [0.5, 0.6) is 0 Å². The lowest BCUT2D eigenvalue weighted by Gasteiger charge is -2.59. The van der Waals surface area contributed by atoms with Crippen molar-refractivity contribution in [3.63, 3.8) is 0 Å². The maximum absolute atomic E-state index is 11.4. The summed E-state index contributed by atoms with van der Waals surface area (Å²) in [5.41, 5.74) is 1.58. The van der Waals surface area contributed by atoms with E-state index in [4.69, 9.17) is 0 Å². The molecule has 6 atom stereocenters. The van der Waals surface area contributed by atoms with Crippen LogP contribution in [0.4, 0.5) is 0 Å². The largest absolute Gasteiger partial charge is 0.481 e. The van der Waals surface area contributed by atoms with Gasteiger partial charge in [-0.2, -0.15) is 0 Å². The Bertz CT molecular complexity index is 734. The van der Waals surface area contributed by atoms with E-state index in [1.165, 1.54) is 29.1 Å². The highest BCUT2D eigenvalue weighted by molar-refractivity contribution is 8.18. The van der Waals surface area contributed by atoms with Crippen molar-refractivity contribution in [1.29, 1.82) is 0 Å². The van der Waals surface area contributed by atoms with Gasteiger partial charge in [0.1, 0.15) is 0 Å². The van der Waals surface area contributed by atoms with Gasteiger partial charge in [0.15, 0.2) is 0 Å². The third-order valence-electron chi connectivity index (χ3n) is 8.98. The highest BCUT2D eigenvalue weighted by Crippen LogP contribution is 2.72. The molecule has 0 aliphatic heterocycles. The Balaban J connectivity index is 1.63. The molecule has 4 aliphatic rings. The van der Waals surface area contributed by atoms with Gasteiger partial charge >= 0.3 is 11.9 Å². The van der Waals surface area contributed by atoms with E-state index in [0.29, 0.717) is 17.8 Å². The van der Waals surface area contributed by atoms with Gasteiger partial charge in [-0.05, 0) is 80.0 Å². The highest BCUT2D eigenvalue weighted by atomic mass is 32.2. The summed E-state index contributed by atoms with van der Waals surface area (Å²) in [6.07, 6.45) is 10.1. The summed E-state index contributed by atoms with van der Waals surface area (Å²) in [6.45, 7) is 4.72. The van der Waals surface area contributed by atoms with Crippen molar-refractivity contribution in [1.82, 2.24) is 0 Å². The molecule has 168 valence electrons. The molecule has 0 aromatic rings. The Labute approximate surface area is 187 Å². The molecule has 3 saturated carbocycles. The third-order valence-corrected chi connectivity index (χ3v) is 12.7. The van der Waals surface area contributed by atoms with Crippen LogP contribution in [0.1, 0.15) is 65.2 Å². The Morgan fingerprint density at radius 2 is 1.63 bits per heavy atom. The van der Waals surface area contributed by atoms with Crippen LogP contribution in [0.3, 0.4) is 0 Å². The average Bonchev–Trinajstić information content (AvgIpc) is 2.98. The molecular formula is C23H34O5S2. The normalized spacial score (nSPS) is 41.9. The smallest absolute Gasteiger partial charge is 0.313 e. The Morgan fingerprint density at radius 3 is 2.27 bits per heavy atom. The Hall–Kier alpha value is -0.660. The summed E-state index contributed by atoms with van der Waals surface area (Å²) in [7, 11) is 0. The fourth-order valence-electron chi connectivity index (χ4n) is 7.47. The minimum absolute atomic E-state index is 0.0304. The predicted molar refractivity (Wildman–Crippen MR) is 121 cm³/mol. The fraction of sp³-hybridized carbons (Fsp3) is 0.826. The van der Waals surface area contributed by atoms with Gasteiger partial charge < -0.3 is 15.3 Å². The molecule has 0 saturated heterocycles. The Kier molecular flexibility index (Phi) is 6.04. The number of carbonyl (C=O) groups is 2. The van der Waals surface area contributed by atoms with E-state index in [-0.39, 0.29) is 32.5 Å². The topological polar surface area (TPSA) is 94.8 Å². The van der Waals surface area contributed by atoms with Gasteiger partial charge in [-0.25, -0.2) is 0 Å². The fourth-order valence-corrected chi connectivity index (χ4v) is 10.6. The number of aliphatic hydroxyl groups is 1. The number of hydrogen-bond donors (Lipinski definition) is 3. The van der Waals surface area contributed by atoms with E-state index in [1.54, 1.807) is 0 Å². The summed E-state index contributed by atoms with van der Waals surface area (Å²) in [6, 6.07) is 0. The van der Waals surface area contributed by atoms with Gasteiger partial charge in [-0.1, -0.05) is 25.5 Å². The van der Waals surface area contributed by atoms with Crippen LogP contribution in [0, 0.1) is 28.6 Å². The molecule has 0 radical (unpaired) electrons. The molecule has 3 fully saturated rings. The molecule has 5 nitrogen and oxygen atoms in total. The Morgan fingerprint density at radius 1 is 1.00 bits per heavy atom. The zero-order valence-corrected chi connectivity index (χ0v) is 19.6. The number of carboxylic acids is 2. The van der Waals surface area contributed by atoms with E-state index >= 15 is 0 Å². The summed E-state index contributed by atoms with van der Waals surface area (Å²) in [5.74, 6) is 0.105. The molecule has 0 aromatic carbocycles. The zero-order valence-electron chi connectivity index (χ0n) is 17.9. The van der Waals surface area contributed by atoms with Crippen molar-refractivity contribution in [2.75, 3.05) is 11.5 Å². The quantitative estimate of drug-likeness (QED) is 0.397. The van der Waals surface area contributed by atoms with E-state index in [1.807, 2.05) is 0 Å². The van der Waals surface area contributed by atoms with Gasteiger partial charge in [0.2, 0.25) is 0 Å². The molecule has 3 N–H and O–H groups in total. The van der Waals surface area contributed by atoms with Crippen LogP contribution in [-0.2, 0) is 9.59 Å². The lowest BCUT2D eigenvalue weighted by molar-refractivity contribution is -0.134. The molecular weight excluding hydrogens is 420 g/mol. The van der Waals surface area contributed by atoms with Gasteiger partial charge in [0.25, 0.3) is 0 Å². The standard InChI is InChI=1S/C23H34O5S2/c1-21-8-5-15(24)11-14(21)3-4-16-17(21)6-9-22(2)18(16)7-10-23(22,29-12-19(25)26)30-13-20(27)28/h3,15-18,24H,4-13H2,1-2H3,(H,25,26)(H,27,28)/t15-,16-,17+,18+,21+,22+/m1/s1. The second kappa shape index (κ2) is 8.04. The van der Waals surface area contributed by atoms with Crippen molar-refractivity contribution in [3.05, 3.63) is 11.6 Å². The van der Waals surface area contributed by atoms with Crippen LogP contribution in [0.25, 0.3) is 0 Å². The number of thioether (sulfide) groups is 2. The van der Waals surface area contributed by atoms with Crippen LogP contribution in [-0.4, -0.2) is 48.9 Å². The number of rotatable bonds is 6. The molecule has 30 heavy (non-hydrogen) atoms. The lowest BCUT2D eigenvalue weighted by atomic mass is 9.48. The SMILES string of the molecule is C[C@]12CC[C@@H](O)CC1=CC[C@@H]1[C@@H]2CC[C@@]2(C)[C@H]1CCC2(SCC(=O)O)SCC(=O)O. The van der Waals surface area contributed by atoms with Crippen molar-refractivity contribution in [2.24, 2.45) is 28.6 Å². The summed E-state index contributed by atoms with van der Waals surface area (Å²) >= 11 is 2.96. The zero-order chi connectivity index (χ0) is 21.7. The van der Waals surface area contributed by atoms with Crippen LogP contribution < -0.4 is 0 Å². The van der Waals surface area contributed by atoms with Crippen molar-refractivity contribution in [3.8, 4) is 0 Å². The summed E-state index contributed by atoms with van der Waals surface area (Å²) in [4.78, 5) is 22.8. The second-order valence-corrected chi connectivity index (χ2v) is 13.1. The first-order valence-corrected chi connectivity index (χ1v) is 13.2. The molecule has 0 heterocycles. The van der Waals surface area contributed by atoms with Crippen LogP contribution in [0.2, 0.25) is 0 Å². The number of allylic oxidation sites excluding steroid dienone is 1. The first-order valence-electron chi connectivity index (χ1n) is 11.2.